The normalized spacial score (nSPS) is 13.6. The fourth-order valence-electron chi connectivity index (χ4n) is 4.02. The topological polar surface area (TPSA) is 43.3 Å². The second-order valence-corrected chi connectivity index (χ2v) is 6.76. The summed E-state index contributed by atoms with van der Waals surface area (Å²) in [5, 5.41) is 4.24. The third-order valence-corrected chi connectivity index (χ3v) is 5.39. The second-order valence-electron chi connectivity index (χ2n) is 6.76. The van der Waals surface area contributed by atoms with Crippen LogP contribution in [0, 0.1) is 0 Å². The molecule has 4 heteroatoms. The first kappa shape index (κ1) is 16.7. The summed E-state index contributed by atoms with van der Waals surface area (Å²) in [5.74, 6) is 0.926. The van der Waals surface area contributed by atoms with Crippen molar-refractivity contribution in [1.29, 1.82) is 0 Å². The van der Waals surface area contributed by atoms with Crippen LogP contribution in [-0.4, -0.2) is 17.6 Å². The first-order valence-corrected chi connectivity index (χ1v) is 9.24. The number of carbonyl (C=O) groups excluding carboxylic acids is 1. The summed E-state index contributed by atoms with van der Waals surface area (Å²) in [6.45, 7) is 5.35. The molecule has 0 saturated carbocycles. The van der Waals surface area contributed by atoms with Crippen LogP contribution in [0.5, 0.6) is 5.75 Å². The van der Waals surface area contributed by atoms with E-state index in [4.69, 9.17) is 4.74 Å². The molecule has 0 bridgehead atoms. The van der Waals surface area contributed by atoms with Gasteiger partial charge in [-0.25, -0.2) is 0 Å². The van der Waals surface area contributed by atoms with Crippen LogP contribution in [0.15, 0.2) is 36.4 Å². The fourth-order valence-corrected chi connectivity index (χ4v) is 4.02. The molecule has 1 N–H and O–H groups in total. The van der Waals surface area contributed by atoms with Crippen LogP contribution in [0.25, 0.3) is 22.0 Å². The van der Waals surface area contributed by atoms with E-state index in [1.54, 1.807) is 7.11 Å². The van der Waals surface area contributed by atoms with Gasteiger partial charge < -0.3 is 14.6 Å². The van der Waals surface area contributed by atoms with E-state index in [9.17, 15) is 4.79 Å². The number of aromatic nitrogens is 1. The van der Waals surface area contributed by atoms with Gasteiger partial charge >= 0.3 is 0 Å². The zero-order chi connectivity index (χ0) is 18.3. The minimum Gasteiger partial charge on any atom is -0.497 e. The molecular formula is C22H24N2O2. The van der Waals surface area contributed by atoms with Crippen LogP contribution in [0.2, 0.25) is 0 Å². The Morgan fingerprint density at radius 3 is 2.42 bits per heavy atom. The Kier molecular flexibility index (Phi) is 4.19. The third-order valence-electron chi connectivity index (χ3n) is 5.39. The van der Waals surface area contributed by atoms with Crippen molar-refractivity contribution in [3.63, 3.8) is 0 Å². The number of ether oxygens (including phenoxy) is 1. The zero-order valence-electron chi connectivity index (χ0n) is 15.6. The van der Waals surface area contributed by atoms with Gasteiger partial charge in [0, 0.05) is 22.2 Å². The minimum absolute atomic E-state index is 0.0771. The molecule has 1 aromatic heterocycles. The molecule has 0 radical (unpaired) electrons. The van der Waals surface area contributed by atoms with Crippen LogP contribution in [0.1, 0.15) is 30.7 Å². The van der Waals surface area contributed by atoms with Gasteiger partial charge in [-0.15, -0.1) is 0 Å². The van der Waals surface area contributed by atoms with Crippen LogP contribution in [0.4, 0.5) is 0 Å². The molecule has 2 aromatic carbocycles. The average Bonchev–Trinajstić information content (AvgIpc) is 2.99. The summed E-state index contributed by atoms with van der Waals surface area (Å²) in [7, 11) is 1.68. The predicted molar refractivity (Wildman–Crippen MR) is 105 cm³/mol. The van der Waals surface area contributed by atoms with Gasteiger partial charge in [0.1, 0.15) is 12.3 Å². The Hall–Kier alpha value is -2.75. The molecule has 0 fully saturated rings. The third kappa shape index (κ3) is 2.57. The molecule has 1 amide bonds. The highest BCUT2D eigenvalue weighted by Gasteiger charge is 2.24. The lowest BCUT2D eigenvalue weighted by atomic mass is 9.96. The summed E-state index contributed by atoms with van der Waals surface area (Å²) < 4.78 is 7.49. The van der Waals surface area contributed by atoms with Crippen LogP contribution in [-0.2, 0) is 30.7 Å². The quantitative estimate of drug-likeness (QED) is 0.772. The van der Waals surface area contributed by atoms with Gasteiger partial charge in [0.2, 0.25) is 5.91 Å². The first-order valence-electron chi connectivity index (χ1n) is 9.24. The molecule has 4 nitrogen and oxygen atoms in total. The maximum atomic E-state index is 12.0. The molecule has 26 heavy (non-hydrogen) atoms. The van der Waals surface area contributed by atoms with Gasteiger partial charge in [-0.2, -0.15) is 0 Å². The second kappa shape index (κ2) is 6.52. The minimum atomic E-state index is 0.0771. The van der Waals surface area contributed by atoms with Crippen molar-refractivity contribution in [2.75, 3.05) is 7.11 Å². The van der Waals surface area contributed by atoms with Crippen molar-refractivity contribution < 1.29 is 9.53 Å². The molecule has 0 spiro atoms. The fraction of sp³-hybridized carbons (Fsp3) is 0.318. The Bertz CT molecular complexity index is 984. The Balaban J connectivity index is 2.02. The van der Waals surface area contributed by atoms with Crippen molar-refractivity contribution >= 4 is 16.8 Å². The van der Waals surface area contributed by atoms with Gasteiger partial charge in [-0.05, 0) is 53.8 Å². The number of nitrogens with zero attached hydrogens (tertiary/aromatic N) is 1. The molecule has 4 rings (SSSR count). The number of benzene rings is 2. The van der Waals surface area contributed by atoms with Gasteiger partial charge in [0.05, 0.1) is 13.7 Å². The lowest BCUT2D eigenvalue weighted by Crippen LogP contribution is -2.34. The number of amides is 1. The lowest BCUT2D eigenvalue weighted by molar-refractivity contribution is -0.122. The van der Waals surface area contributed by atoms with Crippen molar-refractivity contribution in [2.45, 2.75) is 39.8 Å². The number of nitrogens with one attached hydrogen (secondary N) is 1. The zero-order valence-corrected chi connectivity index (χ0v) is 15.6. The number of aryl methyl sites for hydroxylation is 2. The number of hydrogen-bond donors (Lipinski definition) is 1. The van der Waals surface area contributed by atoms with E-state index in [0.717, 1.165) is 29.7 Å². The molecule has 1 aliphatic rings. The summed E-state index contributed by atoms with van der Waals surface area (Å²) in [6, 6.07) is 12.8. The van der Waals surface area contributed by atoms with Gasteiger partial charge in [-0.1, -0.05) is 26.0 Å². The maximum absolute atomic E-state index is 12.0. The highest BCUT2D eigenvalue weighted by atomic mass is 16.5. The molecular weight excluding hydrogens is 324 g/mol. The van der Waals surface area contributed by atoms with E-state index in [1.165, 1.54) is 27.8 Å². The number of carbonyl (C=O) groups is 1. The SMILES string of the molecule is CCc1cc2c(-c3ccc(OC)cc3)c3n(c2cc1CC)CC(=O)NC3. The molecule has 0 unspecified atom stereocenters. The van der Waals surface area contributed by atoms with Crippen LogP contribution < -0.4 is 10.1 Å². The molecule has 0 atom stereocenters. The van der Waals surface area contributed by atoms with E-state index in [0.29, 0.717) is 13.1 Å². The average molecular weight is 348 g/mol. The molecule has 134 valence electrons. The molecule has 1 aliphatic heterocycles. The van der Waals surface area contributed by atoms with Gasteiger partial charge in [-0.3, -0.25) is 4.79 Å². The summed E-state index contributed by atoms with van der Waals surface area (Å²) >= 11 is 0. The highest BCUT2D eigenvalue weighted by molar-refractivity contribution is 6.00. The van der Waals surface area contributed by atoms with E-state index in [2.05, 4.69) is 48.0 Å². The lowest BCUT2D eigenvalue weighted by Gasteiger charge is -2.18. The molecule has 2 heterocycles. The van der Waals surface area contributed by atoms with Crippen molar-refractivity contribution in [1.82, 2.24) is 9.88 Å². The van der Waals surface area contributed by atoms with Gasteiger partial charge in [0.25, 0.3) is 0 Å². The van der Waals surface area contributed by atoms with Crippen molar-refractivity contribution in [3.8, 4) is 16.9 Å². The molecule has 0 saturated heterocycles. The predicted octanol–water partition coefficient (Wildman–Crippen LogP) is 4.07. The van der Waals surface area contributed by atoms with Crippen molar-refractivity contribution in [2.24, 2.45) is 0 Å². The van der Waals surface area contributed by atoms with E-state index in [-0.39, 0.29) is 5.91 Å². The van der Waals surface area contributed by atoms with E-state index in [1.807, 2.05) is 12.1 Å². The smallest absolute Gasteiger partial charge is 0.240 e. The standard InChI is InChI=1S/C22H24N2O2/c1-4-14-10-18-19(11-15(14)5-2)24-13-21(25)23-12-20(24)22(18)16-6-8-17(26-3)9-7-16/h6-11H,4-5,12-13H2,1-3H3,(H,23,25). The highest BCUT2D eigenvalue weighted by Crippen LogP contribution is 2.38. The number of hydrogen-bond acceptors (Lipinski definition) is 2. The number of methoxy groups -OCH3 is 1. The Morgan fingerprint density at radius 2 is 1.77 bits per heavy atom. The first-order chi connectivity index (χ1) is 12.7. The Labute approximate surface area is 153 Å². The summed E-state index contributed by atoms with van der Waals surface area (Å²) in [4.78, 5) is 12.0. The van der Waals surface area contributed by atoms with Gasteiger partial charge in [0.15, 0.2) is 0 Å². The monoisotopic (exact) mass is 348 g/mol. The van der Waals surface area contributed by atoms with Crippen LogP contribution >= 0.6 is 0 Å². The number of rotatable bonds is 4. The summed E-state index contributed by atoms with van der Waals surface area (Å²) in [5.41, 5.74) is 7.48. The van der Waals surface area contributed by atoms with Crippen molar-refractivity contribution in [3.05, 3.63) is 53.2 Å². The molecule has 0 aliphatic carbocycles. The molecule has 3 aromatic rings. The van der Waals surface area contributed by atoms with E-state index >= 15 is 0 Å². The maximum Gasteiger partial charge on any atom is 0.240 e. The van der Waals surface area contributed by atoms with Crippen LogP contribution in [0.3, 0.4) is 0 Å². The Morgan fingerprint density at radius 1 is 1.08 bits per heavy atom. The number of fused-ring (bicyclic) bond motifs is 3. The van der Waals surface area contributed by atoms with E-state index < -0.39 is 0 Å². The summed E-state index contributed by atoms with van der Waals surface area (Å²) in [6.07, 6.45) is 2.02. The largest absolute Gasteiger partial charge is 0.497 e.